The highest BCUT2D eigenvalue weighted by Crippen LogP contribution is 2.40. The maximum absolute atomic E-state index is 12.6. The lowest BCUT2D eigenvalue weighted by Gasteiger charge is -2.31. The zero-order valence-electron chi connectivity index (χ0n) is 25.5. The summed E-state index contributed by atoms with van der Waals surface area (Å²) < 4.78 is 28.3. The second kappa shape index (κ2) is 16.3. The molecule has 2 unspecified atom stereocenters. The SMILES string of the molecule is CCOC(=O)CCNC(=O)c1ccc(NC(c2cc(-c3ccc(OCCCS(C)=O)cc3)oc2C)C2CCCCC2)cc1. The average Bonchev–Trinajstić information content (AvgIpc) is 3.40. The quantitative estimate of drug-likeness (QED) is 0.144. The minimum atomic E-state index is -0.804. The summed E-state index contributed by atoms with van der Waals surface area (Å²) in [6.45, 7) is 4.89. The molecule has 0 aliphatic heterocycles. The van der Waals surface area contributed by atoms with Crippen LogP contribution in [0.1, 0.15) is 79.6 Å². The average molecular weight is 609 g/mol. The number of benzene rings is 2. The summed E-state index contributed by atoms with van der Waals surface area (Å²) in [5.74, 6) is 3.06. The Kier molecular flexibility index (Phi) is 12.3. The van der Waals surface area contributed by atoms with Gasteiger partial charge in [-0.3, -0.25) is 13.8 Å². The van der Waals surface area contributed by atoms with E-state index in [0.717, 1.165) is 53.3 Å². The molecule has 1 amide bonds. The first-order chi connectivity index (χ1) is 20.8. The molecular weight excluding hydrogens is 564 g/mol. The lowest BCUT2D eigenvalue weighted by atomic mass is 9.81. The standard InChI is InChI=1S/C34H44N2O6S/c1-4-40-32(37)19-20-35-34(38)27-11-15-28(16-12-27)36-33(26-9-6-5-7-10-26)30-23-31(42-24(30)2)25-13-17-29(18-14-25)41-21-8-22-43(3)39/h11-18,23,26,33,36H,4-10,19-22H2,1-3H3,(H,35,38). The molecule has 1 aromatic heterocycles. The fourth-order valence-electron chi connectivity index (χ4n) is 5.54. The number of carbonyl (C=O) groups excluding carboxylic acids is 2. The van der Waals surface area contributed by atoms with Crippen LogP contribution < -0.4 is 15.4 Å². The molecule has 1 aliphatic rings. The van der Waals surface area contributed by atoms with Crippen LogP contribution in [0.25, 0.3) is 11.3 Å². The van der Waals surface area contributed by atoms with Crippen molar-refractivity contribution in [2.24, 2.45) is 5.92 Å². The van der Waals surface area contributed by atoms with Gasteiger partial charge in [-0.25, -0.2) is 0 Å². The molecule has 1 aliphatic carbocycles. The number of amides is 1. The number of hydrogen-bond donors (Lipinski definition) is 2. The Morgan fingerprint density at radius 2 is 1.77 bits per heavy atom. The van der Waals surface area contributed by atoms with Crippen molar-refractivity contribution in [3.63, 3.8) is 0 Å². The van der Waals surface area contributed by atoms with Crippen molar-refractivity contribution in [1.82, 2.24) is 5.32 Å². The number of carbonyl (C=O) groups is 2. The first kappa shape index (κ1) is 32.3. The minimum Gasteiger partial charge on any atom is -0.494 e. The van der Waals surface area contributed by atoms with Gasteiger partial charge in [0, 0.05) is 51.7 Å². The van der Waals surface area contributed by atoms with Crippen LogP contribution in [0.5, 0.6) is 5.75 Å². The molecule has 232 valence electrons. The summed E-state index contributed by atoms with van der Waals surface area (Å²) in [5.41, 5.74) is 3.61. The molecule has 1 heterocycles. The summed E-state index contributed by atoms with van der Waals surface area (Å²) in [6.07, 6.45) is 8.61. The second-order valence-electron chi connectivity index (χ2n) is 11.0. The molecule has 43 heavy (non-hydrogen) atoms. The molecule has 9 heteroatoms. The largest absolute Gasteiger partial charge is 0.494 e. The van der Waals surface area contributed by atoms with E-state index >= 15 is 0 Å². The number of hydrogen-bond acceptors (Lipinski definition) is 7. The number of ether oxygens (including phenoxy) is 2. The third-order valence-electron chi connectivity index (χ3n) is 7.79. The van der Waals surface area contributed by atoms with E-state index in [1.807, 2.05) is 43.3 Å². The Balaban J connectivity index is 1.44. The summed E-state index contributed by atoms with van der Waals surface area (Å²) in [6, 6.07) is 17.6. The summed E-state index contributed by atoms with van der Waals surface area (Å²) in [7, 11) is -0.804. The molecule has 8 nitrogen and oxygen atoms in total. The Morgan fingerprint density at radius 3 is 2.44 bits per heavy atom. The van der Waals surface area contributed by atoms with Crippen molar-refractivity contribution in [2.45, 2.75) is 64.8 Å². The monoisotopic (exact) mass is 608 g/mol. The van der Waals surface area contributed by atoms with E-state index in [0.29, 0.717) is 30.4 Å². The molecule has 3 aromatic rings. The summed E-state index contributed by atoms with van der Waals surface area (Å²) in [5, 5.41) is 6.54. The lowest BCUT2D eigenvalue weighted by Crippen LogP contribution is -2.26. The van der Waals surface area contributed by atoms with Gasteiger partial charge in [-0.05, 0) is 93.6 Å². The van der Waals surface area contributed by atoms with Gasteiger partial charge in [-0.15, -0.1) is 0 Å². The van der Waals surface area contributed by atoms with Crippen molar-refractivity contribution in [2.75, 3.05) is 37.1 Å². The molecule has 1 saturated carbocycles. The van der Waals surface area contributed by atoms with E-state index in [-0.39, 0.29) is 30.9 Å². The normalized spacial score (nSPS) is 15.0. The van der Waals surface area contributed by atoms with Crippen LogP contribution in [0.15, 0.2) is 59.0 Å². The Morgan fingerprint density at radius 1 is 1.05 bits per heavy atom. The van der Waals surface area contributed by atoms with Gasteiger partial charge in [0.15, 0.2) is 0 Å². The highest BCUT2D eigenvalue weighted by Gasteiger charge is 2.28. The molecule has 4 rings (SSSR count). The maximum Gasteiger partial charge on any atom is 0.307 e. The molecule has 0 spiro atoms. The molecule has 0 saturated heterocycles. The van der Waals surface area contributed by atoms with Gasteiger partial charge in [-0.1, -0.05) is 19.3 Å². The Hall–Kier alpha value is -3.59. The van der Waals surface area contributed by atoms with Gasteiger partial charge >= 0.3 is 5.97 Å². The number of aryl methyl sites for hydroxylation is 1. The minimum absolute atomic E-state index is 0.0776. The van der Waals surface area contributed by atoms with Crippen LogP contribution in [0.4, 0.5) is 5.69 Å². The van der Waals surface area contributed by atoms with Crippen LogP contribution >= 0.6 is 0 Å². The van der Waals surface area contributed by atoms with E-state index < -0.39 is 10.8 Å². The van der Waals surface area contributed by atoms with E-state index in [4.69, 9.17) is 13.9 Å². The van der Waals surface area contributed by atoms with Gasteiger partial charge < -0.3 is 24.5 Å². The first-order valence-electron chi connectivity index (χ1n) is 15.3. The van der Waals surface area contributed by atoms with Crippen molar-refractivity contribution in [1.29, 1.82) is 0 Å². The smallest absolute Gasteiger partial charge is 0.307 e. The fourth-order valence-corrected chi connectivity index (χ4v) is 6.07. The van der Waals surface area contributed by atoms with Crippen LogP contribution in [0.3, 0.4) is 0 Å². The predicted octanol–water partition coefficient (Wildman–Crippen LogP) is 6.82. The van der Waals surface area contributed by atoms with E-state index in [1.165, 1.54) is 19.3 Å². The lowest BCUT2D eigenvalue weighted by molar-refractivity contribution is -0.142. The molecular formula is C34H44N2O6S. The van der Waals surface area contributed by atoms with Gasteiger partial charge in [0.25, 0.3) is 5.91 Å². The van der Waals surface area contributed by atoms with Crippen molar-refractivity contribution in [3.05, 3.63) is 71.5 Å². The number of esters is 1. The second-order valence-corrected chi connectivity index (χ2v) is 12.6. The molecule has 2 aromatic carbocycles. The van der Waals surface area contributed by atoms with Gasteiger partial charge in [0.1, 0.15) is 17.3 Å². The fraction of sp³-hybridized carbons (Fsp3) is 0.471. The van der Waals surface area contributed by atoms with Gasteiger partial charge in [0.2, 0.25) is 0 Å². The van der Waals surface area contributed by atoms with Crippen LogP contribution in [0.2, 0.25) is 0 Å². The van der Waals surface area contributed by atoms with Crippen LogP contribution in [-0.4, -0.2) is 47.9 Å². The Bertz CT molecular complexity index is 1350. The van der Waals surface area contributed by atoms with Crippen molar-refractivity contribution >= 4 is 28.4 Å². The topological polar surface area (TPSA) is 107 Å². The van der Waals surface area contributed by atoms with Crippen LogP contribution in [0, 0.1) is 12.8 Å². The number of nitrogens with one attached hydrogen (secondary N) is 2. The summed E-state index contributed by atoms with van der Waals surface area (Å²) in [4.78, 5) is 24.1. The van der Waals surface area contributed by atoms with E-state index in [1.54, 1.807) is 25.3 Å². The highest BCUT2D eigenvalue weighted by molar-refractivity contribution is 7.84. The van der Waals surface area contributed by atoms with Crippen molar-refractivity contribution < 1.29 is 27.7 Å². The van der Waals surface area contributed by atoms with Crippen molar-refractivity contribution in [3.8, 4) is 17.1 Å². The number of furan rings is 1. The third kappa shape index (κ3) is 9.71. The first-order valence-corrected chi connectivity index (χ1v) is 17.0. The summed E-state index contributed by atoms with van der Waals surface area (Å²) >= 11 is 0. The molecule has 1 fully saturated rings. The number of anilines is 1. The molecule has 0 bridgehead atoms. The third-order valence-corrected chi connectivity index (χ3v) is 8.65. The zero-order valence-corrected chi connectivity index (χ0v) is 26.3. The van der Waals surface area contributed by atoms with E-state index in [2.05, 4.69) is 16.7 Å². The van der Waals surface area contributed by atoms with Crippen LogP contribution in [-0.2, 0) is 20.3 Å². The molecule has 0 radical (unpaired) electrons. The Labute approximate surface area is 257 Å². The van der Waals surface area contributed by atoms with Gasteiger partial charge in [-0.2, -0.15) is 0 Å². The highest BCUT2D eigenvalue weighted by atomic mass is 32.2. The predicted molar refractivity (Wildman–Crippen MR) is 171 cm³/mol. The molecule has 2 atom stereocenters. The maximum atomic E-state index is 12.6. The zero-order chi connectivity index (χ0) is 30.6. The van der Waals surface area contributed by atoms with E-state index in [9.17, 15) is 13.8 Å². The molecule has 2 N–H and O–H groups in total. The van der Waals surface area contributed by atoms with Gasteiger partial charge in [0.05, 0.1) is 25.7 Å². The number of rotatable bonds is 15.